The molecule has 0 spiro atoms. The number of amides is 1. The molecule has 4 heteroatoms. The van der Waals surface area contributed by atoms with Crippen LogP contribution in [0.25, 0.3) is 0 Å². The van der Waals surface area contributed by atoms with Gasteiger partial charge in [-0.2, -0.15) is 0 Å². The van der Waals surface area contributed by atoms with Crippen LogP contribution in [0.4, 0.5) is 0 Å². The molecule has 1 atom stereocenters. The molecule has 0 aromatic heterocycles. The van der Waals surface area contributed by atoms with Gasteiger partial charge in [0.15, 0.2) is 6.10 Å². The molecule has 4 nitrogen and oxygen atoms in total. The normalized spacial score (nSPS) is 17.6. The van der Waals surface area contributed by atoms with E-state index in [1.807, 2.05) is 30.0 Å². The van der Waals surface area contributed by atoms with Crippen LogP contribution in [0.5, 0.6) is 5.75 Å². The number of nitrogens with one attached hydrogen (secondary N) is 1. The first-order chi connectivity index (χ1) is 10.0. The molecule has 0 radical (unpaired) electrons. The number of benzene rings is 1. The third-order valence-electron chi connectivity index (χ3n) is 4.42. The summed E-state index contributed by atoms with van der Waals surface area (Å²) in [7, 11) is 0. The summed E-state index contributed by atoms with van der Waals surface area (Å²) < 4.78 is 5.82. The van der Waals surface area contributed by atoms with Crippen LogP contribution >= 0.6 is 0 Å². The summed E-state index contributed by atoms with van der Waals surface area (Å²) in [6, 6.07) is 5.97. The Morgan fingerprint density at radius 1 is 1.29 bits per heavy atom. The quantitative estimate of drug-likeness (QED) is 0.891. The smallest absolute Gasteiger partial charge is 0.263 e. The molecular formula is C17H27N2O2+. The van der Waals surface area contributed by atoms with Crippen LogP contribution in [-0.2, 0) is 4.79 Å². The lowest BCUT2D eigenvalue weighted by molar-refractivity contribution is -0.902. The zero-order valence-electron chi connectivity index (χ0n) is 13.6. The first-order valence-corrected chi connectivity index (χ1v) is 7.87. The molecule has 1 aromatic carbocycles. The molecule has 1 aliphatic rings. The molecule has 1 aromatic rings. The first-order valence-electron chi connectivity index (χ1n) is 7.87. The van der Waals surface area contributed by atoms with Crippen molar-refractivity contribution in [3.05, 3.63) is 29.3 Å². The average molecular weight is 291 g/mol. The third-order valence-corrected chi connectivity index (χ3v) is 4.42. The number of carbonyl (C=O) groups excluding carboxylic acids is 1. The second-order valence-electron chi connectivity index (χ2n) is 5.93. The fourth-order valence-corrected chi connectivity index (χ4v) is 2.70. The van der Waals surface area contributed by atoms with Crippen molar-refractivity contribution >= 4 is 5.91 Å². The lowest BCUT2D eigenvalue weighted by atomic mass is 10.1. The minimum Gasteiger partial charge on any atom is -0.481 e. The van der Waals surface area contributed by atoms with Crippen LogP contribution in [0.2, 0.25) is 0 Å². The maximum absolute atomic E-state index is 12.4. The monoisotopic (exact) mass is 291 g/mol. The van der Waals surface area contributed by atoms with Crippen molar-refractivity contribution in [2.24, 2.45) is 0 Å². The zero-order chi connectivity index (χ0) is 15.4. The fraction of sp³-hybridized carbons (Fsp3) is 0.588. The number of ether oxygens (including phenoxy) is 1. The molecule has 0 aliphatic carbocycles. The molecule has 1 aliphatic heterocycles. The predicted molar refractivity (Wildman–Crippen MR) is 83.8 cm³/mol. The summed E-state index contributed by atoms with van der Waals surface area (Å²) in [5.74, 6) is 0.875. The van der Waals surface area contributed by atoms with Gasteiger partial charge in [0.1, 0.15) is 5.75 Å². The van der Waals surface area contributed by atoms with E-state index in [0.29, 0.717) is 0 Å². The molecule has 0 bridgehead atoms. The lowest BCUT2D eigenvalue weighted by Gasteiger charge is -2.33. The third kappa shape index (κ3) is 3.97. The summed E-state index contributed by atoms with van der Waals surface area (Å²) in [4.78, 5) is 15.9. The van der Waals surface area contributed by atoms with Crippen molar-refractivity contribution in [2.75, 3.05) is 32.7 Å². The maximum atomic E-state index is 12.4. The Kier molecular flexibility index (Phi) is 5.23. The average Bonchev–Trinajstić information content (AvgIpc) is 2.50. The molecule has 1 heterocycles. The van der Waals surface area contributed by atoms with Crippen LogP contribution in [0.15, 0.2) is 18.2 Å². The summed E-state index contributed by atoms with van der Waals surface area (Å²) in [6.45, 7) is 13.1. The van der Waals surface area contributed by atoms with Gasteiger partial charge in [-0.25, -0.2) is 0 Å². The van der Waals surface area contributed by atoms with Gasteiger partial charge in [0.05, 0.1) is 32.7 Å². The molecule has 116 valence electrons. The van der Waals surface area contributed by atoms with E-state index in [1.165, 1.54) is 11.1 Å². The highest BCUT2D eigenvalue weighted by atomic mass is 16.5. The van der Waals surface area contributed by atoms with Gasteiger partial charge in [0, 0.05) is 0 Å². The molecule has 1 amide bonds. The van der Waals surface area contributed by atoms with Crippen molar-refractivity contribution in [1.29, 1.82) is 0 Å². The Morgan fingerprint density at radius 2 is 1.95 bits per heavy atom. The van der Waals surface area contributed by atoms with Gasteiger partial charge >= 0.3 is 0 Å². The lowest BCUT2D eigenvalue weighted by Crippen LogP contribution is -3.14. The highest BCUT2D eigenvalue weighted by molar-refractivity contribution is 5.81. The highest BCUT2D eigenvalue weighted by Gasteiger charge is 2.27. The van der Waals surface area contributed by atoms with Gasteiger partial charge in [-0.15, -0.1) is 0 Å². The van der Waals surface area contributed by atoms with Crippen LogP contribution < -0.4 is 9.64 Å². The molecule has 1 N–H and O–H groups in total. The Bertz CT molecular complexity index is 494. The van der Waals surface area contributed by atoms with E-state index in [0.717, 1.165) is 38.5 Å². The van der Waals surface area contributed by atoms with Crippen LogP contribution in [-0.4, -0.2) is 49.6 Å². The van der Waals surface area contributed by atoms with E-state index >= 15 is 0 Å². The van der Waals surface area contributed by atoms with Crippen molar-refractivity contribution < 1.29 is 14.4 Å². The molecule has 0 saturated carbocycles. The van der Waals surface area contributed by atoms with E-state index in [2.05, 4.69) is 20.8 Å². The van der Waals surface area contributed by atoms with Gasteiger partial charge in [-0.05, 0) is 51.0 Å². The maximum Gasteiger partial charge on any atom is 0.263 e. The van der Waals surface area contributed by atoms with Gasteiger partial charge in [-0.3, -0.25) is 4.79 Å². The van der Waals surface area contributed by atoms with Gasteiger partial charge in [0.2, 0.25) is 0 Å². The number of likely N-dealkylation sites (N-methyl/N-ethyl adjacent to an activating group) is 1. The second kappa shape index (κ2) is 6.94. The number of nitrogens with zero attached hydrogens (tertiary/aromatic N) is 1. The first kappa shape index (κ1) is 15.8. The minimum absolute atomic E-state index is 0.100. The number of quaternary nitrogens is 1. The van der Waals surface area contributed by atoms with E-state index in [-0.39, 0.29) is 5.91 Å². The molecular weight excluding hydrogens is 264 g/mol. The van der Waals surface area contributed by atoms with Crippen molar-refractivity contribution in [1.82, 2.24) is 4.90 Å². The summed E-state index contributed by atoms with van der Waals surface area (Å²) in [6.07, 6.45) is -0.421. The van der Waals surface area contributed by atoms with Gasteiger partial charge < -0.3 is 14.5 Å². The Balaban J connectivity index is 1.92. The van der Waals surface area contributed by atoms with Crippen molar-refractivity contribution in [3.8, 4) is 5.75 Å². The van der Waals surface area contributed by atoms with Crippen LogP contribution in [0, 0.1) is 13.8 Å². The Morgan fingerprint density at radius 3 is 2.52 bits per heavy atom. The van der Waals surface area contributed by atoms with E-state index in [1.54, 1.807) is 4.90 Å². The number of rotatable bonds is 4. The van der Waals surface area contributed by atoms with Crippen LogP contribution in [0.1, 0.15) is 25.0 Å². The van der Waals surface area contributed by atoms with E-state index in [9.17, 15) is 4.79 Å². The number of hydrogen-bond donors (Lipinski definition) is 1. The Labute approximate surface area is 127 Å². The number of hydrogen-bond acceptors (Lipinski definition) is 2. The molecule has 0 unspecified atom stereocenters. The fourth-order valence-electron chi connectivity index (χ4n) is 2.70. The molecule has 21 heavy (non-hydrogen) atoms. The standard InChI is InChI=1S/C17H26N2O2/c1-5-18-8-10-19(11-9-18)17(20)15(4)21-16-7-6-13(2)14(3)12-16/h6-7,12,15H,5,8-11H2,1-4H3/p+1/t15-/m0/s1. The number of piperazine rings is 1. The Hall–Kier alpha value is -1.55. The number of aryl methyl sites for hydroxylation is 2. The van der Waals surface area contributed by atoms with Crippen LogP contribution in [0.3, 0.4) is 0 Å². The molecule has 1 saturated heterocycles. The zero-order valence-corrected chi connectivity index (χ0v) is 13.6. The van der Waals surface area contributed by atoms with Gasteiger partial charge in [0.25, 0.3) is 5.91 Å². The minimum atomic E-state index is -0.421. The van der Waals surface area contributed by atoms with E-state index < -0.39 is 6.10 Å². The van der Waals surface area contributed by atoms with Crippen molar-refractivity contribution in [3.63, 3.8) is 0 Å². The second-order valence-corrected chi connectivity index (χ2v) is 5.93. The summed E-state index contributed by atoms with van der Waals surface area (Å²) in [5, 5.41) is 0. The van der Waals surface area contributed by atoms with E-state index in [4.69, 9.17) is 4.74 Å². The topological polar surface area (TPSA) is 34.0 Å². The SMILES string of the molecule is CC[NH+]1CCN(C(=O)[C@H](C)Oc2ccc(C)c(C)c2)CC1. The summed E-state index contributed by atoms with van der Waals surface area (Å²) in [5.41, 5.74) is 2.42. The summed E-state index contributed by atoms with van der Waals surface area (Å²) >= 11 is 0. The van der Waals surface area contributed by atoms with Crippen molar-refractivity contribution in [2.45, 2.75) is 33.8 Å². The largest absolute Gasteiger partial charge is 0.481 e. The molecule has 1 fully saturated rings. The number of carbonyl (C=O) groups is 1. The van der Waals surface area contributed by atoms with Gasteiger partial charge in [-0.1, -0.05) is 6.07 Å². The molecule has 2 rings (SSSR count). The predicted octanol–water partition coefficient (Wildman–Crippen LogP) is 0.818. The highest BCUT2D eigenvalue weighted by Crippen LogP contribution is 2.18.